The number of fused-ring (bicyclic) bond motifs is 2. The van der Waals surface area contributed by atoms with Crippen molar-refractivity contribution >= 4 is 22.9 Å². The molecular formula is C32H32FN9O. The van der Waals surface area contributed by atoms with Gasteiger partial charge in [0.25, 0.3) is 0 Å². The average Bonchev–Trinajstić information content (AvgIpc) is 3.79. The minimum atomic E-state index is -1.34. The third kappa shape index (κ3) is 4.95. The van der Waals surface area contributed by atoms with Crippen LogP contribution in [0.15, 0.2) is 79.8 Å². The molecule has 7 rings (SSSR count). The van der Waals surface area contributed by atoms with Crippen LogP contribution in [0.4, 0.5) is 10.2 Å². The van der Waals surface area contributed by atoms with Crippen molar-refractivity contribution in [1.82, 2.24) is 39.5 Å². The molecule has 1 aliphatic carbocycles. The third-order valence-corrected chi connectivity index (χ3v) is 8.58. The summed E-state index contributed by atoms with van der Waals surface area (Å²) in [6.45, 7) is 4.61. The van der Waals surface area contributed by atoms with Crippen LogP contribution in [0.3, 0.4) is 0 Å². The van der Waals surface area contributed by atoms with Crippen molar-refractivity contribution < 1.29 is 9.18 Å². The second-order valence-electron chi connectivity index (χ2n) is 11.2. The number of hydrogen-bond acceptors (Lipinski definition) is 7. The van der Waals surface area contributed by atoms with E-state index in [0.717, 1.165) is 29.6 Å². The van der Waals surface area contributed by atoms with Crippen molar-refractivity contribution in [3.63, 3.8) is 0 Å². The Bertz CT molecular complexity index is 1820. The molecule has 1 amide bonds. The van der Waals surface area contributed by atoms with Crippen LogP contribution in [0, 0.1) is 0 Å². The Morgan fingerprint density at radius 2 is 2.00 bits per heavy atom. The highest BCUT2D eigenvalue weighted by atomic mass is 19.1. The van der Waals surface area contributed by atoms with Crippen LogP contribution in [0.25, 0.3) is 34.1 Å². The number of alkyl halides is 1. The van der Waals surface area contributed by atoms with Gasteiger partial charge in [-0.3, -0.25) is 9.36 Å². The molecule has 43 heavy (non-hydrogen) atoms. The van der Waals surface area contributed by atoms with E-state index < -0.39 is 5.67 Å². The molecule has 218 valence electrons. The maximum Gasteiger partial charge on any atom is 0.245 e. The number of benzene rings is 1. The Morgan fingerprint density at radius 3 is 2.77 bits per heavy atom. The number of likely N-dealkylation sites (tertiary alicyclic amines) is 1. The first-order chi connectivity index (χ1) is 20.9. The Hall–Kier alpha value is -4.90. The van der Waals surface area contributed by atoms with Gasteiger partial charge in [0.1, 0.15) is 17.0 Å². The summed E-state index contributed by atoms with van der Waals surface area (Å²) in [6, 6.07) is 15.8. The molecule has 10 nitrogen and oxygen atoms in total. The van der Waals surface area contributed by atoms with E-state index in [1.807, 2.05) is 41.1 Å². The van der Waals surface area contributed by atoms with E-state index in [2.05, 4.69) is 40.2 Å². The molecule has 0 saturated carbocycles. The first kappa shape index (κ1) is 27.0. The van der Waals surface area contributed by atoms with Crippen LogP contribution in [-0.4, -0.2) is 65.4 Å². The fourth-order valence-corrected chi connectivity index (χ4v) is 6.21. The summed E-state index contributed by atoms with van der Waals surface area (Å²) >= 11 is 0. The normalized spacial score (nSPS) is 17.7. The van der Waals surface area contributed by atoms with Gasteiger partial charge in [-0.1, -0.05) is 12.6 Å². The lowest BCUT2D eigenvalue weighted by molar-refractivity contribution is -0.128. The van der Waals surface area contributed by atoms with E-state index in [1.165, 1.54) is 17.2 Å². The highest BCUT2D eigenvalue weighted by Crippen LogP contribution is 2.37. The molecule has 3 N–H and O–H groups in total. The Balaban J connectivity index is 1.20. The summed E-state index contributed by atoms with van der Waals surface area (Å²) in [5.74, 6) is 1.58. The summed E-state index contributed by atoms with van der Waals surface area (Å²) in [5.41, 5.74) is 10.4. The van der Waals surface area contributed by atoms with E-state index in [4.69, 9.17) is 15.7 Å². The second-order valence-corrected chi connectivity index (χ2v) is 11.2. The summed E-state index contributed by atoms with van der Waals surface area (Å²) in [6.07, 6.45) is 8.90. The molecule has 11 heteroatoms. The number of piperidine rings is 1. The number of aryl methyl sites for hydroxylation is 1. The Kier molecular flexibility index (Phi) is 6.73. The van der Waals surface area contributed by atoms with E-state index in [0.29, 0.717) is 49.0 Å². The molecule has 5 aromatic rings. The lowest BCUT2D eigenvalue weighted by Crippen LogP contribution is -2.48. The molecule has 1 aliphatic heterocycles. The molecule has 1 saturated heterocycles. The number of rotatable bonds is 7. The van der Waals surface area contributed by atoms with Gasteiger partial charge < -0.3 is 16.0 Å². The molecule has 1 aromatic carbocycles. The lowest BCUT2D eigenvalue weighted by Gasteiger charge is -2.36. The number of nitrogens with two attached hydrogens (primary N) is 1. The predicted molar refractivity (Wildman–Crippen MR) is 163 cm³/mol. The largest absolute Gasteiger partial charge is 0.383 e. The highest BCUT2D eigenvalue weighted by molar-refractivity contribution is 5.87. The summed E-state index contributed by atoms with van der Waals surface area (Å²) in [5, 5.41) is 7.83. The molecular weight excluding hydrogens is 545 g/mol. The van der Waals surface area contributed by atoms with Crippen molar-refractivity contribution in [2.75, 3.05) is 25.4 Å². The van der Waals surface area contributed by atoms with Crippen LogP contribution < -0.4 is 11.1 Å². The number of hydrogen-bond donors (Lipinski definition) is 2. The first-order valence-electron chi connectivity index (χ1n) is 14.5. The van der Waals surface area contributed by atoms with E-state index in [1.54, 1.807) is 22.0 Å². The van der Waals surface area contributed by atoms with Gasteiger partial charge in [0.2, 0.25) is 5.91 Å². The number of aromatic nitrogens is 6. The number of pyridine rings is 2. The van der Waals surface area contributed by atoms with Crippen LogP contribution in [-0.2, 0) is 11.2 Å². The van der Waals surface area contributed by atoms with Gasteiger partial charge >= 0.3 is 0 Å². The van der Waals surface area contributed by atoms with Gasteiger partial charge in [0.05, 0.1) is 5.56 Å². The molecule has 0 spiro atoms. The zero-order valence-corrected chi connectivity index (χ0v) is 23.7. The minimum absolute atomic E-state index is 0.0574. The zero-order chi connectivity index (χ0) is 29.6. The SMILES string of the molecule is C=CC(=O)N1CCC(F)(CN[C@H]2CCc3cc(-n4c(-c5cccnc5N)nc5ccc(-n6cccn6)nc54)ccc32)CC1. The molecule has 2 aliphatic rings. The van der Waals surface area contributed by atoms with E-state index in [-0.39, 0.29) is 18.5 Å². The number of carbonyl (C=O) groups is 1. The average molecular weight is 578 g/mol. The van der Waals surface area contributed by atoms with Crippen molar-refractivity contribution in [2.24, 2.45) is 0 Å². The molecule has 1 atom stereocenters. The van der Waals surface area contributed by atoms with Crippen molar-refractivity contribution in [3.8, 4) is 22.9 Å². The number of anilines is 1. The maximum absolute atomic E-state index is 15.6. The van der Waals surface area contributed by atoms with E-state index in [9.17, 15) is 4.79 Å². The monoisotopic (exact) mass is 577 g/mol. The van der Waals surface area contributed by atoms with Gasteiger partial charge in [0, 0.05) is 62.8 Å². The third-order valence-electron chi connectivity index (χ3n) is 8.58. The number of nitrogens with zero attached hydrogens (tertiary/aromatic N) is 7. The quantitative estimate of drug-likeness (QED) is 0.276. The summed E-state index contributed by atoms with van der Waals surface area (Å²) in [7, 11) is 0. The zero-order valence-electron chi connectivity index (χ0n) is 23.7. The lowest BCUT2D eigenvalue weighted by atomic mass is 9.92. The molecule has 5 heterocycles. The minimum Gasteiger partial charge on any atom is -0.383 e. The first-order valence-corrected chi connectivity index (χ1v) is 14.5. The topological polar surface area (TPSA) is 120 Å². The fourth-order valence-electron chi connectivity index (χ4n) is 6.21. The molecule has 0 unspecified atom stereocenters. The number of halogens is 1. The second kappa shape index (κ2) is 10.7. The van der Waals surface area contributed by atoms with Gasteiger partial charge in [-0.25, -0.2) is 24.0 Å². The van der Waals surface area contributed by atoms with Crippen molar-refractivity contribution in [3.05, 3.63) is 90.9 Å². The summed E-state index contributed by atoms with van der Waals surface area (Å²) in [4.78, 5) is 27.7. The number of carbonyl (C=O) groups excluding carboxylic acids is 1. The van der Waals surface area contributed by atoms with Gasteiger partial charge in [-0.2, -0.15) is 5.10 Å². The fraction of sp³-hybridized carbons (Fsp3) is 0.281. The maximum atomic E-state index is 15.6. The molecule has 1 fully saturated rings. The Labute approximate surface area is 248 Å². The predicted octanol–water partition coefficient (Wildman–Crippen LogP) is 4.34. The van der Waals surface area contributed by atoms with E-state index >= 15 is 4.39 Å². The van der Waals surface area contributed by atoms with Crippen molar-refractivity contribution in [2.45, 2.75) is 37.4 Å². The van der Waals surface area contributed by atoms with Crippen LogP contribution in [0.5, 0.6) is 0 Å². The number of nitrogen functional groups attached to an aromatic ring is 1. The Morgan fingerprint density at radius 1 is 1.14 bits per heavy atom. The van der Waals surface area contributed by atoms with Gasteiger partial charge in [-0.05, 0) is 72.5 Å². The highest BCUT2D eigenvalue weighted by Gasteiger charge is 2.36. The number of imidazole rings is 1. The number of nitrogens with one attached hydrogen (secondary N) is 1. The van der Waals surface area contributed by atoms with Crippen molar-refractivity contribution in [1.29, 1.82) is 0 Å². The smallest absolute Gasteiger partial charge is 0.245 e. The summed E-state index contributed by atoms with van der Waals surface area (Å²) < 4.78 is 19.4. The van der Waals surface area contributed by atoms with Gasteiger partial charge in [-0.15, -0.1) is 0 Å². The molecule has 0 radical (unpaired) electrons. The van der Waals surface area contributed by atoms with Crippen LogP contribution in [0.1, 0.15) is 36.4 Å². The number of amides is 1. The van der Waals surface area contributed by atoms with Crippen LogP contribution in [0.2, 0.25) is 0 Å². The van der Waals surface area contributed by atoms with Gasteiger partial charge in [0.15, 0.2) is 17.3 Å². The molecule has 0 bridgehead atoms. The standard InChI is InChI=1S/C32H32FN9O/c1-2-28(43)40-17-12-32(33,13-18-40)20-36-25-9-6-21-19-22(7-8-23(21)25)42-30(24-5-3-14-35-29(24)34)38-26-10-11-27(39-31(26)42)41-16-4-15-37-41/h2-5,7-8,10-11,14-16,19,25,36H,1,6,9,12-13,17-18,20H2,(H2,34,35)/t25-/m0/s1. The molecule has 4 aromatic heterocycles. The van der Waals surface area contributed by atoms with Crippen LogP contribution >= 0.6 is 0 Å².